The molecule has 0 aliphatic carbocycles. The van der Waals surface area contributed by atoms with Crippen LogP contribution in [0.1, 0.15) is 0 Å². The normalized spacial score (nSPS) is 10.5. The Morgan fingerprint density at radius 1 is 1.83 bits per heavy atom. The van der Waals surface area contributed by atoms with Crippen molar-refractivity contribution in [3.63, 3.8) is 0 Å². The van der Waals surface area contributed by atoms with E-state index in [0.717, 1.165) is 0 Å². The van der Waals surface area contributed by atoms with Gasteiger partial charge in [-0.15, -0.1) is 0 Å². The molecule has 0 heterocycles. The predicted octanol–water partition coefficient (Wildman–Crippen LogP) is 2.14. The third-order valence-corrected chi connectivity index (χ3v) is 1.68. The molecule has 0 spiro atoms. The van der Waals surface area contributed by atoms with E-state index in [1.807, 2.05) is 6.07 Å². The summed E-state index contributed by atoms with van der Waals surface area (Å²) in [5.41, 5.74) is 0. The summed E-state index contributed by atoms with van der Waals surface area (Å²) in [7, 11) is 0. The van der Waals surface area contributed by atoms with Gasteiger partial charge in [0.15, 0.2) is 0 Å². The van der Waals surface area contributed by atoms with Gasteiger partial charge in [-0.25, -0.2) is 0 Å². The molecule has 0 fully saturated rings. The fourth-order valence-corrected chi connectivity index (χ4v) is 0.127. The summed E-state index contributed by atoms with van der Waals surface area (Å²) in [5, 5.41) is 7.94. The average molecular weight is 211 g/mol. The summed E-state index contributed by atoms with van der Waals surface area (Å²) in [6.45, 7) is 0. The summed E-state index contributed by atoms with van der Waals surface area (Å²) in [6.07, 6.45) is 0. The Balaban J connectivity index is 3.61. The zero-order valence-electron chi connectivity index (χ0n) is 2.78. The highest BCUT2D eigenvalue weighted by molar-refractivity contribution is 9.14. The first-order valence-electron chi connectivity index (χ1n) is 1.17. The molecule has 0 aliphatic rings. The van der Waals surface area contributed by atoms with Gasteiger partial charge in [-0.05, 0) is 15.9 Å². The highest BCUT2D eigenvalue weighted by Crippen LogP contribution is 2.03. The summed E-state index contributed by atoms with van der Waals surface area (Å²) < 4.78 is 0.502. The van der Waals surface area contributed by atoms with E-state index in [4.69, 9.17) is 5.26 Å². The molecule has 32 valence electrons. The van der Waals surface area contributed by atoms with Crippen molar-refractivity contribution in [1.29, 1.82) is 5.26 Å². The zero-order chi connectivity index (χ0) is 4.99. The van der Waals surface area contributed by atoms with Crippen LogP contribution in [0.4, 0.5) is 0 Å². The monoisotopic (exact) mass is 209 g/mol. The van der Waals surface area contributed by atoms with Crippen molar-refractivity contribution in [3.05, 3.63) is 9.47 Å². The summed E-state index contributed by atoms with van der Waals surface area (Å²) in [4.78, 5) is 1.51. The molecule has 0 bridgehead atoms. The van der Waals surface area contributed by atoms with E-state index in [9.17, 15) is 0 Å². The first-order chi connectivity index (χ1) is 2.81. The van der Waals surface area contributed by atoms with E-state index in [-0.39, 0.29) is 0 Å². The molecule has 6 heavy (non-hydrogen) atoms. The van der Waals surface area contributed by atoms with Crippen LogP contribution in [0.2, 0.25) is 0 Å². The van der Waals surface area contributed by atoms with Gasteiger partial charge in [-0.1, -0.05) is 15.9 Å². The van der Waals surface area contributed by atoms with Gasteiger partial charge < -0.3 is 0 Å². The van der Waals surface area contributed by atoms with Gasteiger partial charge in [0.25, 0.3) is 0 Å². The first-order valence-corrected chi connectivity index (χ1v) is 2.88. The number of hydrogen-bond acceptors (Lipinski definition) is 1. The first kappa shape index (κ1) is 6.19. The average Bonchev–Trinajstić information content (AvgIpc) is 1.65. The Bertz CT molecular complexity index is 99.9. The second-order valence-corrected chi connectivity index (χ2v) is 1.88. The summed E-state index contributed by atoms with van der Waals surface area (Å²) >= 11 is 5.87. The minimum absolute atomic E-state index is 0.502. The lowest BCUT2D eigenvalue weighted by molar-refractivity contribution is 1.53. The highest BCUT2D eigenvalue weighted by Gasteiger charge is 1.76. The van der Waals surface area contributed by atoms with E-state index in [1.165, 1.54) is 4.99 Å². The van der Waals surface area contributed by atoms with Crippen LogP contribution in [-0.4, -0.2) is 0 Å². The van der Waals surface area contributed by atoms with Gasteiger partial charge in [0.2, 0.25) is 0 Å². The maximum Gasteiger partial charge on any atom is 0.107 e. The van der Waals surface area contributed by atoms with Crippen molar-refractivity contribution in [1.82, 2.24) is 0 Å². The molecule has 0 saturated carbocycles. The van der Waals surface area contributed by atoms with Gasteiger partial charge in [-0.3, -0.25) is 0 Å². The molecular formula is C3HBr2N. The maximum absolute atomic E-state index is 7.94. The van der Waals surface area contributed by atoms with Crippen LogP contribution in [0.15, 0.2) is 9.47 Å². The number of nitrogens with zero attached hydrogens (tertiary/aromatic N) is 1. The minimum atomic E-state index is 0.502. The van der Waals surface area contributed by atoms with Crippen LogP contribution in [0.5, 0.6) is 0 Å². The van der Waals surface area contributed by atoms with Crippen LogP contribution >= 0.6 is 31.9 Å². The lowest BCUT2D eigenvalue weighted by Gasteiger charge is -1.65. The quantitative estimate of drug-likeness (QED) is 0.563. The molecule has 0 N–H and O–H groups in total. The second-order valence-electron chi connectivity index (χ2n) is 0.569. The predicted molar refractivity (Wildman–Crippen MR) is 31.5 cm³/mol. The maximum atomic E-state index is 7.94. The van der Waals surface area contributed by atoms with Crippen molar-refractivity contribution in [2.45, 2.75) is 0 Å². The lowest BCUT2D eigenvalue weighted by Crippen LogP contribution is -1.48. The largest absolute Gasteiger partial charge is 0.192 e. The Hall–Kier alpha value is 0.190. The van der Waals surface area contributed by atoms with Crippen LogP contribution in [0.3, 0.4) is 0 Å². The molecular weight excluding hydrogens is 210 g/mol. The van der Waals surface area contributed by atoms with Crippen molar-refractivity contribution in [2.75, 3.05) is 0 Å². The summed E-state index contributed by atoms with van der Waals surface area (Å²) in [5.74, 6) is 0. The molecule has 0 aromatic carbocycles. The molecule has 0 aromatic rings. The molecule has 0 amide bonds. The van der Waals surface area contributed by atoms with Crippen molar-refractivity contribution in [3.8, 4) is 6.07 Å². The van der Waals surface area contributed by atoms with Gasteiger partial charge in [0.05, 0.1) is 0 Å². The van der Waals surface area contributed by atoms with Crippen molar-refractivity contribution < 1.29 is 0 Å². The van der Waals surface area contributed by atoms with E-state index in [0.29, 0.717) is 4.48 Å². The molecule has 0 unspecified atom stereocenters. The van der Waals surface area contributed by atoms with Crippen LogP contribution in [0.25, 0.3) is 0 Å². The van der Waals surface area contributed by atoms with Gasteiger partial charge in [-0.2, -0.15) is 5.26 Å². The Morgan fingerprint density at radius 2 is 2.33 bits per heavy atom. The van der Waals surface area contributed by atoms with E-state index >= 15 is 0 Å². The van der Waals surface area contributed by atoms with Crippen LogP contribution in [0, 0.1) is 11.3 Å². The highest BCUT2D eigenvalue weighted by atomic mass is 79.9. The van der Waals surface area contributed by atoms with Gasteiger partial charge in [0.1, 0.15) is 10.6 Å². The molecule has 0 aliphatic heterocycles. The zero-order valence-corrected chi connectivity index (χ0v) is 5.95. The van der Waals surface area contributed by atoms with Crippen molar-refractivity contribution in [2.24, 2.45) is 0 Å². The number of nitriles is 1. The number of halogens is 2. The molecule has 0 atom stereocenters. The third-order valence-electron chi connectivity index (χ3n) is 0.203. The van der Waals surface area contributed by atoms with Crippen LogP contribution < -0.4 is 0 Å². The van der Waals surface area contributed by atoms with E-state index in [1.54, 1.807) is 0 Å². The Morgan fingerprint density at radius 3 is 2.33 bits per heavy atom. The lowest BCUT2D eigenvalue weighted by atomic mass is 10.7. The molecule has 0 rings (SSSR count). The van der Waals surface area contributed by atoms with E-state index < -0.39 is 0 Å². The number of hydrogen-bond donors (Lipinski definition) is 0. The molecule has 0 aromatic heterocycles. The fourth-order valence-electron chi connectivity index (χ4n) is 0.0244. The second kappa shape index (κ2) is 3.38. The standard InChI is InChI=1S/C3HBr2N/c4-1-3(5)2-6/h1H. The smallest absolute Gasteiger partial charge is 0.107 e. The van der Waals surface area contributed by atoms with Crippen molar-refractivity contribution >= 4 is 31.9 Å². The molecule has 0 radical (unpaired) electrons. The number of rotatable bonds is 0. The van der Waals surface area contributed by atoms with Crippen LogP contribution in [-0.2, 0) is 0 Å². The van der Waals surface area contributed by atoms with E-state index in [2.05, 4.69) is 31.9 Å². The SMILES string of the molecule is N#CC(Br)=CBr. The summed E-state index contributed by atoms with van der Waals surface area (Å²) in [6, 6.07) is 1.85. The molecule has 3 heteroatoms. The number of allylic oxidation sites excluding steroid dienone is 1. The van der Waals surface area contributed by atoms with Gasteiger partial charge >= 0.3 is 0 Å². The minimum Gasteiger partial charge on any atom is -0.192 e. The molecule has 0 saturated heterocycles. The van der Waals surface area contributed by atoms with Gasteiger partial charge in [0, 0.05) is 4.99 Å². The topological polar surface area (TPSA) is 23.8 Å². The third kappa shape index (κ3) is 2.43. The molecule has 1 nitrogen and oxygen atoms in total. The Kier molecular flexibility index (Phi) is 3.49. The fraction of sp³-hybridized carbons (Fsp3) is 0. The Labute approximate surface area is 52.9 Å².